The van der Waals surface area contributed by atoms with E-state index in [9.17, 15) is 0 Å². The second-order valence-corrected chi connectivity index (χ2v) is 15.1. The van der Waals surface area contributed by atoms with Gasteiger partial charge in [-0.25, -0.2) is 4.98 Å². The summed E-state index contributed by atoms with van der Waals surface area (Å²) in [6, 6.07) is 65.4. The van der Waals surface area contributed by atoms with Crippen molar-refractivity contribution in [3.8, 4) is 22.9 Å². The summed E-state index contributed by atoms with van der Waals surface area (Å²) in [7, 11) is 0. The largest absolute Gasteiger partial charge is 0.309 e. The fourth-order valence-electron chi connectivity index (χ4n) is 9.63. The molecule has 0 aliphatic rings. The Morgan fingerprint density at radius 1 is 0.276 bits per heavy atom. The summed E-state index contributed by atoms with van der Waals surface area (Å²) < 4.78 is 9.35. The van der Waals surface area contributed by atoms with Crippen LogP contribution < -0.4 is 0 Å². The third-order valence-corrected chi connectivity index (χ3v) is 12.1. The predicted molar refractivity (Wildman–Crippen MR) is 239 cm³/mol. The van der Waals surface area contributed by atoms with Crippen molar-refractivity contribution in [2.45, 2.75) is 0 Å². The second-order valence-electron chi connectivity index (χ2n) is 15.1. The van der Waals surface area contributed by atoms with Crippen LogP contribution in [-0.4, -0.2) is 28.2 Å². The number of hydrogen-bond donors (Lipinski definition) is 0. The summed E-state index contributed by atoms with van der Waals surface area (Å²) in [5.41, 5.74) is 13.4. The molecule has 0 spiro atoms. The molecule has 0 bridgehead atoms. The van der Waals surface area contributed by atoms with Gasteiger partial charge >= 0.3 is 0 Å². The van der Waals surface area contributed by atoms with E-state index >= 15 is 0 Å². The summed E-state index contributed by atoms with van der Waals surface area (Å²) in [6.07, 6.45) is 3.89. The minimum atomic E-state index is 0.873. The Balaban J connectivity index is 0.958. The van der Waals surface area contributed by atoms with Crippen molar-refractivity contribution in [2.24, 2.45) is 0 Å². The lowest BCUT2D eigenvalue weighted by atomic mass is 10.1. The van der Waals surface area contributed by atoms with Gasteiger partial charge in [0.25, 0.3) is 0 Å². The van der Waals surface area contributed by atoms with Crippen molar-refractivity contribution >= 4 is 87.4 Å². The van der Waals surface area contributed by atoms with Crippen LogP contribution in [0.3, 0.4) is 0 Å². The standard InChI is InChI=1S/C52H32N6/c1-6-17-43-36(12-1)37-13-2-7-18-44(37)55(43)33-23-26-48-41(30-33)38-14-3-8-19-45(38)57(48)35-25-28-51(54-32-35)58-46-20-9-4-15-39(46)42-31-34(24-27-49(42)58)56-47-21-10-5-16-40(47)52-50(56)22-11-29-53-52/h1-32H. The van der Waals surface area contributed by atoms with Gasteiger partial charge in [-0.05, 0) is 91.0 Å². The van der Waals surface area contributed by atoms with Crippen LogP contribution in [0.5, 0.6) is 0 Å². The van der Waals surface area contributed by atoms with Crippen LogP contribution in [0.1, 0.15) is 0 Å². The molecule has 0 radical (unpaired) electrons. The van der Waals surface area contributed by atoms with E-state index in [0.29, 0.717) is 0 Å². The van der Waals surface area contributed by atoms with Crippen molar-refractivity contribution < 1.29 is 0 Å². The van der Waals surface area contributed by atoms with Crippen molar-refractivity contribution in [3.63, 3.8) is 0 Å². The third kappa shape index (κ3) is 4.26. The van der Waals surface area contributed by atoms with Gasteiger partial charge in [-0.2, -0.15) is 0 Å². The maximum atomic E-state index is 5.20. The first-order valence-electron chi connectivity index (χ1n) is 19.7. The van der Waals surface area contributed by atoms with E-state index in [1.807, 2.05) is 18.5 Å². The Labute approximate surface area is 331 Å². The number of benzene rings is 7. The zero-order valence-corrected chi connectivity index (χ0v) is 31.2. The molecule has 6 heterocycles. The monoisotopic (exact) mass is 740 g/mol. The number of nitrogens with zero attached hydrogens (tertiary/aromatic N) is 6. The molecule has 0 saturated heterocycles. The highest BCUT2D eigenvalue weighted by Gasteiger charge is 2.19. The van der Waals surface area contributed by atoms with Crippen LogP contribution in [0.15, 0.2) is 194 Å². The summed E-state index contributed by atoms with van der Waals surface area (Å²) in [5, 5.41) is 8.45. The fourth-order valence-corrected chi connectivity index (χ4v) is 9.63. The summed E-state index contributed by atoms with van der Waals surface area (Å²) >= 11 is 0. The molecular formula is C52H32N6. The SMILES string of the molecule is c1ccc2c(c1)c1ccccc1n2-c1ccc2c(c1)c1ccccc1n2-c1ccc(-n2c3ccccc3c3cc(-n4c5ccccc5c5ncccc54)ccc32)nc1. The van der Waals surface area contributed by atoms with Gasteiger partial charge in [0.15, 0.2) is 0 Å². The van der Waals surface area contributed by atoms with Crippen molar-refractivity contribution in [2.75, 3.05) is 0 Å². The normalized spacial score (nSPS) is 12.1. The molecule has 0 fully saturated rings. The first-order valence-corrected chi connectivity index (χ1v) is 19.7. The molecule has 13 rings (SSSR count). The molecule has 13 aromatic rings. The minimum absolute atomic E-state index is 0.873. The summed E-state index contributed by atoms with van der Waals surface area (Å²) in [4.78, 5) is 9.96. The van der Waals surface area contributed by atoms with E-state index in [-0.39, 0.29) is 0 Å². The average molecular weight is 741 g/mol. The molecule has 7 aromatic carbocycles. The molecule has 0 unspecified atom stereocenters. The molecule has 0 aliphatic carbocycles. The fraction of sp³-hybridized carbons (Fsp3) is 0. The van der Waals surface area contributed by atoms with Gasteiger partial charge in [0.2, 0.25) is 0 Å². The van der Waals surface area contributed by atoms with Crippen LogP contribution in [0.2, 0.25) is 0 Å². The van der Waals surface area contributed by atoms with Crippen LogP contribution >= 0.6 is 0 Å². The molecule has 0 atom stereocenters. The highest BCUT2D eigenvalue weighted by Crippen LogP contribution is 2.39. The average Bonchev–Trinajstić information content (AvgIpc) is 4.01. The molecule has 0 amide bonds. The Morgan fingerprint density at radius 2 is 0.672 bits per heavy atom. The molecule has 0 N–H and O–H groups in total. The minimum Gasteiger partial charge on any atom is -0.309 e. The quantitative estimate of drug-likeness (QED) is 0.180. The maximum absolute atomic E-state index is 5.20. The van der Waals surface area contributed by atoms with Gasteiger partial charge in [-0.1, -0.05) is 91.0 Å². The zero-order chi connectivity index (χ0) is 37.9. The van der Waals surface area contributed by atoms with E-state index in [1.165, 1.54) is 43.4 Å². The lowest BCUT2D eigenvalue weighted by Gasteiger charge is -2.12. The molecule has 58 heavy (non-hydrogen) atoms. The molecule has 0 aliphatic heterocycles. The van der Waals surface area contributed by atoms with Crippen molar-refractivity contribution in [1.82, 2.24) is 28.2 Å². The molecule has 6 nitrogen and oxygen atoms in total. The maximum Gasteiger partial charge on any atom is 0.137 e. The number of rotatable bonds is 4. The Kier molecular flexibility index (Phi) is 6.35. The van der Waals surface area contributed by atoms with Crippen molar-refractivity contribution in [3.05, 3.63) is 194 Å². The van der Waals surface area contributed by atoms with E-state index in [2.05, 4.69) is 194 Å². The van der Waals surface area contributed by atoms with Crippen molar-refractivity contribution in [1.29, 1.82) is 0 Å². The van der Waals surface area contributed by atoms with E-state index in [1.54, 1.807) is 0 Å². The Bertz CT molecular complexity index is 3440. The molecular weight excluding hydrogens is 709 g/mol. The molecule has 6 aromatic heterocycles. The predicted octanol–water partition coefficient (Wildman–Crippen LogP) is 12.9. The van der Waals surface area contributed by atoms with Gasteiger partial charge < -0.3 is 13.7 Å². The molecule has 0 saturated carbocycles. The van der Waals surface area contributed by atoms with Crippen LogP contribution in [0.25, 0.3) is 110 Å². The number of pyridine rings is 2. The van der Waals surface area contributed by atoms with Gasteiger partial charge in [0.1, 0.15) is 5.82 Å². The van der Waals surface area contributed by atoms with E-state index in [0.717, 1.165) is 66.9 Å². The second kappa shape index (κ2) is 11.8. The number of para-hydroxylation sites is 5. The first kappa shape index (κ1) is 31.3. The lowest BCUT2D eigenvalue weighted by molar-refractivity contribution is 1.05. The Hall–Kier alpha value is -7.96. The van der Waals surface area contributed by atoms with Crippen LogP contribution in [0, 0.1) is 0 Å². The topological polar surface area (TPSA) is 45.5 Å². The molecule has 6 heteroatoms. The first-order chi connectivity index (χ1) is 28.8. The van der Waals surface area contributed by atoms with Gasteiger partial charge in [0, 0.05) is 55.3 Å². The number of hydrogen-bond acceptors (Lipinski definition) is 2. The smallest absolute Gasteiger partial charge is 0.137 e. The van der Waals surface area contributed by atoms with E-state index in [4.69, 9.17) is 9.97 Å². The van der Waals surface area contributed by atoms with Gasteiger partial charge in [-0.15, -0.1) is 0 Å². The summed E-state index contributed by atoms with van der Waals surface area (Å²) in [5.74, 6) is 0.873. The summed E-state index contributed by atoms with van der Waals surface area (Å²) in [6.45, 7) is 0. The zero-order valence-electron chi connectivity index (χ0n) is 31.2. The van der Waals surface area contributed by atoms with Gasteiger partial charge in [0.05, 0.1) is 61.5 Å². The molecule has 270 valence electrons. The van der Waals surface area contributed by atoms with Crippen LogP contribution in [0.4, 0.5) is 0 Å². The van der Waals surface area contributed by atoms with Gasteiger partial charge in [-0.3, -0.25) is 9.55 Å². The lowest BCUT2D eigenvalue weighted by Crippen LogP contribution is -2.00. The van der Waals surface area contributed by atoms with Crippen LogP contribution in [-0.2, 0) is 0 Å². The highest BCUT2D eigenvalue weighted by molar-refractivity contribution is 6.13. The number of aromatic nitrogens is 6. The number of fused-ring (bicyclic) bond motifs is 12. The third-order valence-electron chi connectivity index (χ3n) is 12.1. The Morgan fingerprint density at radius 3 is 1.22 bits per heavy atom. The highest BCUT2D eigenvalue weighted by atomic mass is 15.1. The van der Waals surface area contributed by atoms with E-state index < -0.39 is 0 Å².